The van der Waals surface area contributed by atoms with E-state index in [9.17, 15) is 24.8 Å². The fourth-order valence-electron chi connectivity index (χ4n) is 3.56. The Morgan fingerprint density at radius 1 is 1.18 bits per heavy atom. The number of nitro benzene ring substituents is 1. The standard InChI is InChI=1S/C24H25N3O6/c1-4-15-33-19-11-7-17(8-12-19)22(28)20-21(16-5-9-18(10-6-16)27(31)32)26(14-13-25(2)3)24(30)23(20)29/h4-12,21,28H,1,13-15H2,2-3H3/t21-/m1/s1. The molecule has 9 heteroatoms. The Labute approximate surface area is 191 Å². The van der Waals surface area contributed by atoms with E-state index >= 15 is 0 Å². The van der Waals surface area contributed by atoms with Crippen molar-refractivity contribution in [2.75, 3.05) is 33.8 Å². The van der Waals surface area contributed by atoms with Gasteiger partial charge in [0.15, 0.2) is 0 Å². The second-order valence-electron chi connectivity index (χ2n) is 7.77. The number of aliphatic hydroxyl groups is 1. The molecule has 2 aromatic rings. The minimum absolute atomic E-state index is 0.0626. The summed E-state index contributed by atoms with van der Waals surface area (Å²) >= 11 is 0. The van der Waals surface area contributed by atoms with E-state index in [0.717, 1.165) is 0 Å². The number of nitro groups is 1. The molecule has 2 aromatic carbocycles. The number of hydrogen-bond acceptors (Lipinski definition) is 7. The Morgan fingerprint density at radius 2 is 1.82 bits per heavy atom. The highest BCUT2D eigenvalue weighted by atomic mass is 16.6. The van der Waals surface area contributed by atoms with Crippen LogP contribution in [0.25, 0.3) is 5.76 Å². The molecule has 33 heavy (non-hydrogen) atoms. The number of non-ortho nitro benzene ring substituents is 1. The molecular weight excluding hydrogens is 426 g/mol. The van der Waals surface area contributed by atoms with Crippen LogP contribution in [0.3, 0.4) is 0 Å². The Morgan fingerprint density at radius 3 is 2.36 bits per heavy atom. The maximum Gasteiger partial charge on any atom is 0.295 e. The maximum atomic E-state index is 13.0. The molecule has 0 unspecified atom stereocenters. The number of ether oxygens (including phenoxy) is 1. The third kappa shape index (κ3) is 5.09. The van der Waals surface area contributed by atoms with Crippen molar-refractivity contribution in [3.05, 3.63) is 88.0 Å². The summed E-state index contributed by atoms with van der Waals surface area (Å²) in [5, 5.41) is 22.1. The molecule has 0 spiro atoms. The van der Waals surface area contributed by atoms with E-state index in [0.29, 0.717) is 30.0 Å². The quantitative estimate of drug-likeness (QED) is 0.156. The number of rotatable bonds is 9. The summed E-state index contributed by atoms with van der Waals surface area (Å²) < 4.78 is 5.44. The molecular formula is C24H25N3O6. The molecule has 0 aliphatic carbocycles. The Bertz CT molecular complexity index is 1090. The van der Waals surface area contributed by atoms with E-state index in [2.05, 4.69) is 6.58 Å². The molecule has 9 nitrogen and oxygen atoms in total. The van der Waals surface area contributed by atoms with E-state index in [1.807, 2.05) is 19.0 Å². The van der Waals surface area contributed by atoms with E-state index in [1.165, 1.54) is 29.2 Å². The number of carbonyl (C=O) groups excluding carboxylic acids is 2. The summed E-state index contributed by atoms with van der Waals surface area (Å²) in [6.45, 7) is 4.64. The fourth-order valence-corrected chi connectivity index (χ4v) is 3.56. The molecule has 0 bridgehead atoms. The normalized spacial score (nSPS) is 17.4. The Hall–Kier alpha value is -3.98. The van der Waals surface area contributed by atoms with Crippen LogP contribution in [0.4, 0.5) is 5.69 Å². The lowest BCUT2D eigenvalue weighted by molar-refractivity contribution is -0.384. The summed E-state index contributed by atoms with van der Waals surface area (Å²) in [5.74, 6) is -1.29. The van der Waals surface area contributed by atoms with Crippen LogP contribution in [0.15, 0.2) is 66.8 Å². The second kappa shape index (κ2) is 10.1. The van der Waals surface area contributed by atoms with Crippen LogP contribution < -0.4 is 4.74 Å². The average Bonchev–Trinajstić information content (AvgIpc) is 3.06. The summed E-state index contributed by atoms with van der Waals surface area (Å²) in [7, 11) is 3.68. The zero-order chi connectivity index (χ0) is 24.1. The highest BCUT2D eigenvalue weighted by molar-refractivity contribution is 6.46. The summed E-state index contributed by atoms with van der Waals surface area (Å²) in [4.78, 5) is 39.6. The third-order valence-electron chi connectivity index (χ3n) is 5.24. The van der Waals surface area contributed by atoms with Crippen molar-refractivity contribution in [2.45, 2.75) is 6.04 Å². The second-order valence-corrected chi connectivity index (χ2v) is 7.77. The average molecular weight is 451 g/mol. The molecule has 1 amide bonds. The molecule has 1 fully saturated rings. The van der Waals surface area contributed by atoms with Gasteiger partial charge >= 0.3 is 0 Å². The Kier molecular flexibility index (Phi) is 7.24. The lowest BCUT2D eigenvalue weighted by atomic mass is 9.95. The summed E-state index contributed by atoms with van der Waals surface area (Å²) in [6, 6.07) is 11.2. The van der Waals surface area contributed by atoms with Gasteiger partial charge in [0.1, 0.15) is 18.1 Å². The molecule has 3 rings (SSSR count). The minimum atomic E-state index is -0.873. The van der Waals surface area contributed by atoms with Crippen molar-refractivity contribution in [2.24, 2.45) is 0 Å². The van der Waals surface area contributed by atoms with Crippen LogP contribution in [0, 0.1) is 10.1 Å². The van der Waals surface area contributed by atoms with Crippen LogP contribution in [-0.4, -0.2) is 65.3 Å². The number of Topliss-reactive ketones (excluding diaryl/α,β-unsaturated/α-hetero) is 1. The van der Waals surface area contributed by atoms with Gasteiger partial charge in [0, 0.05) is 30.8 Å². The predicted molar refractivity (Wildman–Crippen MR) is 123 cm³/mol. The van der Waals surface area contributed by atoms with Crippen molar-refractivity contribution in [1.29, 1.82) is 0 Å². The van der Waals surface area contributed by atoms with E-state index in [1.54, 1.807) is 30.3 Å². The molecule has 1 heterocycles. The number of ketones is 1. The van der Waals surface area contributed by atoms with Crippen LogP contribution in [-0.2, 0) is 9.59 Å². The molecule has 1 aliphatic heterocycles. The van der Waals surface area contributed by atoms with Crippen LogP contribution >= 0.6 is 0 Å². The number of amides is 1. The molecule has 1 N–H and O–H groups in total. The van der Waals surface area contributed by atoms with Gasteiger partial charge in [-0.05, 0) is 56.1 Å². The van der Waals surface area contributed by atoms with Crippen molar-refractivity contribution in [3.8, 4) is 5.75 Å². The number of likely N-dealkylation sites (tertiary alicyclic amines) is 1. The summed E-state index contributed by atoms with van der Waals surface area (Å²) in [6.07, 6.45) is 1.60. The maximum absolute atomic E-state index is 13.0. The number of carbonyl (C=O) groups is 2. The van der Waals surface area contributed by atoms with Gasteiger partial charge in [0.25, 0.3) is 17.4 Å². The molecule has 172 valence electrons. The smallest absolute Gasteiger partial charge is 0.295 e. The van der Waals surface area contributed by atoms with Crippen LogP contribution in [0.2, 0.25) is 0 Å². The first-order valence-electron chi connectivity index (χ1n) is 10.3. The number of aliphatic hydroxyl groups excluding tert-OH is 1. The van der Waals surface area contributed by atoms with E-state index < -0.39 is 22.7 Å². The Balaban J connectivity index is 2.07. The number of nitrogens with zero attached hydrogens (tertiary/aromatic N) is 3. The van der Waals surface area contributed by atoms with Crippen LogP contribution in [0.5, 0.6) is 5.75 Å². The number of likely N-dealkylation sites (N-methyl/N-ethyl adjacent to an activating group) is 1. The number of benzene rings is 2. The lowest BCUT2D eigenvalue weighted by Gasteiger charge is -2.26. The molecule has 0 aromatic heterocycles. The fraction of sp³-hybridized carbons (Fsp3) is 0.250. The van der Waals surface area contributed by atoms with Gasteiger partial charge in [-0.15, -0.1) is 0 Å². The highest BCUT2D eigenvalue weighted by Gasteiger charge is 2.46. The van der Waals surface area contributed by atoms with Gasteiger partial charge in [-0.25, -0.2) is 0 Å². The first kappa shape index (κ1) is 23.7. The van der Waals surface area contributed by atoms with Gasteiger partial charge in [-0.1, -0.05) is 12.7 Å². The SMILES string of the molecule is C=CCOc1ccc(C(O)=C2C(=O)C(=O)N(CCN(C)C)[C@@H]2c2ccc([N+](=O)[O-])cc2)cc1. The highest BCUT2D eigenvalue weighted by Crippen LogP contribution is 2.39. The monoisotopic (exact) mass is 451 g/mol. The molecule has 0 saturated carbocycles. The van der Waals surface area contributed by atoms with E-state index in [-0.39, 0.29) is 23.6 Å². The first-order chi connectivity index (χ1) is 15.7. The van der Waals surface area contributed by atoms with Crippen molar-refractivity contribution < 1.29 is 24.4 Å². The molecule has 0 radical (unpaired) electrons. The molecule has 1 atom stereocenters. The zero-order valence-electron chi connectivity index (χ0n) is 18.4. The minimum Gasteiger partial charge on any atom is -0.507 e. The lowest BCUT2D eigenvalue weighted by Crippen LogP contribution is -2.35. The predicted octanol–water partition coefficient (Wildman–Crippen LogP) is 3.14. The van der Waals surface area contributed by atoms with Crippen molar-refractivity contribution >= 4 is 23.1 Å². The third-order valence-corrected chi connectivity index (χ3v) is 5.24. The molecule has 1 saturated heterocycles. The van der Waals surface area contributed by atoms with Gasteiger partial charge in [0.05, 0.1) is 16.5 Å². The number of hydrogen-bond donors (Lipinski definition) is 1. The van der Waals surface area contributed by atoms with Gasteiger partial charge in [-0.2, -0.15) is 0 Å². The van der Waals surface area contributed by atoms with E-state index in [4.69, 9.17) is 4.74 Å². The van der Waals surface area contributed by atoms with Crippen molar-refractivity contribution in [1.82, 2.24) is 9.80 Å². The van der Waals surface area contributed by atoms with Crippen molar-refractivity contribution in [3.63, 3.8) is 0 Å². The summed E-state index contributed by atoms with van der Waals surface area (Å²) in [5.41, 5.74) is 0.663. The molecule has 1 aliphatic rings. The zero-order valence-corrected chi connectivity index (χ0v) is 18.4. The largest absolute Gasteiger partial charge is 0.507 e. The van der Waals surface area contributed by atoms with Crippen LogP contribution in [0.1, 0.15) is 17.2 Å². The van der Waals surface area contributed by atoms with Gasteiger partial charge in [0.2, 0.25) is 0 Å². The van der Waals surface area contributed by atoms with Gasteiger partial charge < -0.3 is 19.6 Å². The van der Waals surface area contributed by atoms with Gasteiger partial charge in [-0.3, -0.25) is 19.7 Å². The first-order valence-corrected chi connectivity index (χ1v) is 10.3. The topological polar surface area (TPSA) is 113 Å².